The lowest BCUT2D eigenvalue weighted by atomic mass is 9.70. The van der Waals surface area contributed by atoms with Gasteiger partial charge in [-0.3, -0.25) is 0 Å². The Morgan fingerprint density at radius 2 is 2.08 bits per heavy atom. The SMILES string of the molecule is OC1(c2cc3ccc(-c4cnc5n[nH]nc5c4)nc3s2)CC(C(F)F)C1. The van der Waals surface area contributed by atoms with Crippen LogP contribution in [0.2, 0.25) is 0 Å². The van der Waals surface area contributed by atoms with Crippen molar-refractivity contribution in [1.29, 1.82) is 0 Å². The maximum Gasteiger partial charge on any atom is 0.241 e. The molecule has 9 heteroatoms. The molecule has 5 rings (SSSR count). The van der Waals surface area contributed by atoms with E-state index in [1.807, 2.05) is 24.3 Å². The van der Waals surface area contributed by atoms with E-state index in [0.29, 0.717) is 16.0 Å². The first-order chi connectivity index (χ1) is 12.5. The van der Waals surface area contributed by atoms with Crippen LogP contribution in [0.1, 0.15) is 17.7 Å². The quantitative estimate of drug-likeness (QED) is 0.574. The molecule has 132 valence electrons. The summed E-state index contributed by atoms with van der Waals surface area (Å²) >= 11 is 1.35. The number of pyridine rings is 2. The number of nitrogens with one attached hydrogen (secondary N) is 1. The van der Waals surface area contributed by atoms with Gasteiger partial charge in [-0.2, -0.15) is 10.3 Å². The molecule has 1 aliphatic rings. The minimum Gasteiger partial charge on any atom is -0.384 e. The Hall–Kier alpha value is -2.52. The van der Waals surface area contributed by atoms with Crippen LogP contribution < -0.4 is 0 Å². The largest absolute Gasteiger partial charge is 0.384 e. The lowest BCUT2D eigenvalue weighted by molar-refractivity contribution is -0.124. The fourth-order valence-corrected chi connectivity index (χ4v) is 4.52. The van der Waals surface area contributed by atoms with Gasteiger partial charge in [-0.1, -0.05) is 0 Å². The summed E-state index contributed by atoms with van der Waals surface area (Å²) in [6.45, 7) is 0. The van der Waals surface area contributed by atoms with Gasteiger partial charge in [0.05, 0.1) is 11.3 Å². The van der Waals surface area contributed by atoms with Crippen molar-refractivity contribution in [3.05, 3.63) is 35.3 Å². The number of nitrogens with zero attached hydrogens (tertiary/aromatic N) is 4. The molecular weight excluding hydrogens is 360 g/mol. The van der Waals surface area contributed by atoms with Gasteiger partial charge in [-0.05, 0) is 37.1 Å². The normalized spacial score (nSPS) is 23.0. The summed E-state index contributed by atoms with van der Waals surface area (Å²) < 4.78 is 25.5. The van der Waals surface area contributed by atoms with Crippen molar-refractivity contribution in [2.45, 2.75) is 24.9 Å². The standard InChI is InChI=1S/C17H13F2N5OS/c18-14(19)10-5-17(25,6-10)13-4-8-1-2-11(21-16(8)26-13)9-3-12-15(20-7-9)23-24-22-12/h1-4,7,10,14,25H,5-6H2,(H,20,22,23,24). The third-order valence-corrected chi connectivity index (χ3v) is 6.11. The van der Waals surface area contributed by atoms with Gasteiger partial charge in [-0.25, -0.2) is 18.7 Å². The van der Waals surface area contributed by atoms with Crippen molar-refractivity contribution in [3.63, 3.8) is 0 Å². The molecule has 1 fully saturated rings. The fourth-order valence-electron chi connectivity index (χ4n) is 3.38. The van der Waals surface area contributed by atoms with Gasteiger partial charge in [0.15, 0.2) is 0 Å². The van der Waals surface area contributed by atoms with Crippen molar-refractivity contribution in [1.82, 2.24) is 25.4 Å². The lowest BCUT2D eigenvalue weighted by Gasteiger charge is -2.42. The first-order valence-corrected chi connectivity index (χ1v) is 8.92. The first-order valence-electron chi connectivity index (χ1n) is 8.10. The number of halogens is 2. The average molecular weight is 373 g/mol. The monoisotopic (exact) mass is 373 g/mol. The predicted octanol–water partition coefficient (Wildman–Crippen LogP) is 3.49. The molecule has 0 atom stereocenters. The van der Waals surface area contributed by atoms with Crippen molar-refractivity contribution >= 4 is 32.7 Å². The fraction of sp³-hybridized carbons (Fsp3) is 0.294. The maximum absolute atomic E-state index is 12.7. The average Bonchev–Trinajstić information content (AvgIpc) is 3.23. The molecule has 4 aromatic heterocycles. The molecule has 1 aliphatic carbocycles. The molecular formula is C17H13F2N5OS. The Kier molecular flexibility index (Phi) is 3.32. The summed E-state index contributed by atoms with van der Waals surface area (Å²) in [4.78, 5) is 10.3. The van der Waals surface area contributed by atoms with Crippen LogP contribution >= 0.6 is 11.3 Å². The molecule has 4 heterocycles. The molecule has 0 amide bonds. The van der Waals surface area contributed by atoms with E-state index in [0.717, 1.165) is 21.5 Å². The third-order valence-electron chi connectivity index (χ3n) is 4.87. The van der Waals surface area contributed by atoms with E-state index in [-0.39, 0.29) is 12.8 Å². The Morgan fingerprint density at radius 1 is 1.23 bits per heavy atom. The zero-order chi connectivity index (χ0) is 17.9. The molecule has 0 unspecified atom stereocenters. The van der Waals surface area contributed by atoms with Gasteiger partial charge in [0.1, 0.15) is 10.3 Å². The van der Waals surface area contributed by atoms with E-state index in [1.54, 1.807) is 6.20 Å². The van der Waals surface area contributed by atoms with Gasteiger partial charge in [0.25, 0.3) is 0 Å². The number of rotatable bonds is 3. The number of aliphatic hydroxyl groups is 1. The van der Waals surface area contributed by atoms with E-state index in [1.165, 1.54) is 11.3 Å². The molecule has 0 radical (unpaired) electrons. The Balaban J connectivity index is 1.50. The van der Waals surface area contributed by atoms with E-state index in [9.17, 15) is 13.9 Å². The number of hydrogen-bond acceptors (Lipinski definition) is 6. The number of aromatic amines is 1. The summed E-state index contributed by atoms with van der Waals surface area (Å²) in [6.07, 6.45) is -0.512. The zero-order valence-electron chi connectivity index (χ0n) is 13.4. The first kappa shape index (κ1) is 15.7. The topological polar surface area (TPSA) is 87.6 Å². The molecule has 6 nitrogen and oxygen atoms in total. The van der Waals surface area contributed by atoms with Crippen LogP contribution in [-0.4, -0.2) is 36.9 Å². The molecule has 0 aromatic carbocycles. The van der Waals surface area contributed by atoms with Gasteiger partial charge >= 0.3 is 0 Å². The summed E-state index contributed by atoms with van der Waals surface area (Å²) in [6, 6.07) is 7.48. The molecule has 0 bridgehead atoms. The van der Waals surface area contributed by atoms with Gasteiger partial charge in [-0.15, -0.1) is 16.4 Å². The second-order valence-electron chi connectivity index (χ2n) is 6.63. The highest BCUT2D eigenvalue weighted by molar-refractivity contribution is 7.18. The second-order valence-corrected chi connectivity index (χ2v) is 7.66. The number of aromatic nitrogens is 5. The molecule has 26 heavy (non-hydrogen) atoms. The number of H-pyrrole nitrogens is 1. The minimum atomic E-state index is -2.38. The van der Waals surface area contributed by atoms with E-state index < -0.39 is 17.9 Å². The van der Waals surface area contributed by atoms with Crippen LogP contribution in [0.5, 0.6) is 0 Å². The Labute approximate surface area is 149 Å². The van der Waals surface area contributed by atoms with Crippen LogP contribution in [0.4, 0.5) is 8.78 Å². The second kappa shape index (κ2) is 5.49. The minimum absolute atomic E-state index is 0.0943. The highest BCUT2D eigenvalue weighted by Gasteiger charge is 2.48. The molecule has 0 aliphatic heterocycles. The highest BCUT2D eigenvalue weighted by atomic mass is 32.1. The number of thiophene rings is 1. The van der Waals surface area contributed by atoms with E-state index >= 15 is 0 Å². The summed E-state index contributed by atoms with van der Waals surface area (Å²) in [5.41, 5.74) is 1.57. The summed E-state index contributed by atoms with van der Waals surface area (Å²) in [7, 11) is 0. The lowest BCUT2D eigenvalue weighted by Crippen LogP contribution is -2.43. The maximum atomic E-state index is 12.7. The van der Waals surface area contributed by atoms with Crippen LogP contribution in [0, 0.1) is 5.92 Å². The van der Waals surface area contributed by atoms with Crippen LogP contribution in [0.3, 0.4) is 0 Å². The Morgan fingerprint density at radius 3 is 2.88 bits per heavy atom. The number of alkyl halides is 2. The van der Waals surface area contributed by atoms with Crippen LogP contribution in [0.15, 0.2) is 30.5 Å². The van der Waals surface area contributed by atoms with Crippen molar-refractivity contribution in [2.24, 2.45) is 5.92 Å². The van der Waals surface area contributed by atoms with E-state index in [2.05, 4.69) is 25.4 Å². The number of hydrogen-bond donors (Lipinski definition) is 2. The predicted molar refractivity (Wildman–Crippen MR) is 92.9 cm³/mol. The third kappa shape index (κ3) is 2.38. The number of fused-ring (bicyclic) bond motifs is 2. The van der Waals surface area contributed by atoms with Crippen molar-refractivity contribution < 1.29 is 13.9 Å². The Bertz CT molecular complexity index is 1120. The van der Waals surface area contributed by atoms with Crippen molar-refractivity contribution in [3.8, 4) is 11.3 Å². The molecule has 2 N–H and O–H groups in total. The smallest absolute Gasteiger partial charge is 0.241 e. The van der Waals surface area contributed by atoms with Crippen LogP contribution in [0.25, 0.3) is 32.6 Å². The molecule has 4 aromatic rings. The van der Waals surface area contributed by atoms with Gasteiger partial charge in [0.2, 0.25) is 12.1 Å². The summed E-state index contributed by atoms with van der Waals surface area (Å²) in [5.74, 6) is -0.728. The summed E-state index contributed by atoms with van der Waals surface area (Å²) in [5, 5.41) is 22.0. The highest BCUT2D eigenvalue weighted by Crippen LogP contribution is 2.50. The van der Waals surface area contributed by atoms with Gasteiger partial charge < -0.3 is 5.11 Å². The van der Waals surface area contributed by atoms with Gasteiger partial charge in [0, 0.05) is 27.9 Å². The molecule has 1 saturated carbocycles. The van der Waals surface area contributed by atoms with E-state index in [4.69, 9.17) is 0 Å². The molecule has 0 saturated heterocycles. The van der Waals surface area contributed by atoms with Crippen molar-refractivity contribution in [2.75, 3.05) is 0 Å². The van der Waals surface area contributed by atoms with Crippen LogP contribution in [-0.2, 0) is 5.60 Å². The molecule has 0 spiro atoms. The zero-order valence-corrected chi connectivity index (χ0v) is 14.2.